The first kappa shape index (κ1) is 21.2. The Kier molecular flexibility index (Phi) is 6.27. The van der Waals surface area contributed by atoms with Gasteiger partial charge in [0, 0.05) is 18.0 Å². The van der Waals surface area contributed by atoms with E-state index in [1.165, 1.54) is 29.8 Å². The lowest BCUT2D eigenvalue weighted by molar-refractivity contribution is 0.217. The Labute approximate surface area is 171 Å². The van der Waals surface area contributed by atoms with Crippen molar-refractivity contribution in [2.24, 2.45) is 0 Å². The number of fused-ring (bicyclic) bond motifs is 1. The van der Waals surface area contributed by atoms with E-state index in [1.807, 2.05) is 6.92 Å². The van der Waals surface area contributed by atoms with Crippen LogP contribution < -0.4 is 15.6 Å². The zero-order chi connectivity index (χ0) is 21.8. The number of methoxy groups -OCH3 is 1. The van der Waals surface area contributed by atoms with Gasteiger partial charge in [0.05, 0.1) is 12.7 Å². The van der Waals surface area contributed by atoms with Gasteiger partial charge in [-0.15, -0.1) is 0 Å². The van der Waals surface area contributed by atoms with E-state index in [0.29, 0.717) is 17.7 Å². The van der Waals surface area contributed by atoms with Crippen LogP contribution in [0, 0.1) is 11.6 Å². The molecule has 0 saturated heterocycles. The number of rotatable bonds is 7. The van der Waals surface area contributed by atoms with Crippen LogP contribution in [0.15, 0.2) is 65.6 Å². The first-order valence-electron chi connectivity index (χ1n) is 9.23. The molecule has 1 unspecified atom stereocenters. The van der Waals surface area contributed by atoms with Gasteiger partial charge in [0.1, 0.15) is 11.9 Å². The van der Waals surface area contributed by atoms with Crippen molar-refractivity contribution in [2.45, 2.75) is 19.4 Å². The number of allylic oxidation sites excluding steroid dienone is 1. The lowest BCUT2D eigenvalue weighted by Crippen LogP contribution is -2.25. The summed E-state index contributed by atoms with van der Waals surface area (Å²) in [7, 11) is 1.44. The molecule has 1 aromatic carbocycles. The molecule has 0 saturated carbocycles. The van der Waals surface area contributed by atoms with Crippen LogP contribution >= 0.6 is 0 Å². The van der Waals surface area contributed by atoms with Crippen LogP contribution in [-0.2, 0) is 0 Å². The van der Waals surface area contributed by atoms with Gasteiger partial charge in [-0.05, 0) is 36.3 Å². The summed E-state index contributed by atoms with van der Waals surface area (Å²) in [5.74, 6) is -1.74. The molecule has 8 heteroatoms. The molecule has 1 atom stereocenters. The average Bonchev–Trinajstić information content (AvgIpc) is 2.74. The molecule has 0 radical (unpaired) electrons. The number of pyridine rings is 1. The van der Waals surface area contributed by atoms with Crippen LogP contribution in [0.3, 0.4) is 0 Å². The number of anilines is 2. The first-order chi connectivity index (χ1) is 14.4. The van der Waals surface area contributed by atoms with E-state index >= 15 is 0 Å². The number of aliphatic hydroxyl groups is 1. The van der Waals surface area contributed by atoms with Gasteiger partial charge in [0.15, 0.2) is 23.0 Å². The highest BCUT2D eigenvalue weighted by Crippen LogP contribution is 2.30. The second kappa shape index (κ2) is 8.87. The summed E-state index contributed by atoms with van der Waals surface area (Å²) in [5.41, 5.74) is 0.178. The van der Waals surface area contributed by atoms with Gasteiger partial charge in [0.25, 0.3) is 5.56 Å². The zero-order valence-electron chi connectivity index (χ0n) is 16.5. The normalized spacial score (nSPS) is 12.6. The fraction of sp³-hybridized carbons (Fsp3) is 0.182. The van der Waals surface area contributed by atoms with E-state index in [4.69, 9.17) is 4.74 Å². The predicted octanol–water partition coefficient (Wildman–Crippen LogP) is 4.28. The molecule has 2 aromatic heterocycles. The van der Waals surface area contributed by atoms with E-state index in [2.05, 4.69) is 16.9 Å². The maximum Gasteiger partial charge on any atom is 0.266 e. The van der Waals surface area contributed by atoms with Crippen molar-refractivity contribution in [1.82, 2.24) is 9.38 Å². The van der Waals surface area contributed by atoms with Crippen molar-refractivity contribution in [2.75, 3.05) is 12.4 Å². The summed E-state index contributed by atoms with van der Waals surface area (Å²) < 4.78 is 33.5. The van der Waals surface area contributed by atoms with Crippen LogP contribution in [-0.4, -0.2) is 21.6 Å². The van der Waals surface area contributed by atoms with E-state index in [1.54, 1.807) is 18.2 Å². The molecule has 156 valence electrons. The van der Waals surface area contributed by atoms with Gasteiger partial charge in [-0.1, -0.05) is 25.7 Å². The average molecular weight is 413 g/mol. The number of hydrogen-bond acceptors (Lipinski definition) is 5. The molecule has 0 fully saturated rings. The third-order valence-corrected chi connectivity index (χ3v) is 4.52. The lowest BCUT2D eigenvalue weighted by atomic mass is 10.0. The second-order valence-corrected chi connectivity index (χ2v) is 6.42. The van der Waals surface area contributed by atoms with Crippen LogP contribution in [0.1, 0.15) is 25.0 Å². The molecule has 0 aliphatic heterocycles. The lowest BCUT2D eigenvalue weighted by Gasteiger charge is -2.18. The molecule has 2 N–H and O–H groups in total. The molecule has 2 heterocycles. The Morgan fingerprint density at radius 3 is 2.77 bits per heavy atom. The number of nitrogens with zero attached hydrogens (tertiary/aromatic N) is 2. The van der Waals surface area contributed by atoms with Crippen molar-refractivity contribution in [3.8, 4) is 5.75 Å². The molecule has 0 aliphatic carbocycles. The fourth-order valence-corrected chi connectivity index (χ4v) is 3.07. The highest BCUT2D eigenvalue weighted by molar-refractivity contribution is 5.66. The van der Waals surface area contributed by atoms with Crippen molar-refractivity contribution in [3.63, 3.8) is 0 Å². The standard InChI is InChI=1S/C22H21F2N3O3/c1-4-7-13(5-2)19(28)18-20(25-14-9-10-15(23)16(24)12-14)26-21-17(30-3)8-6-11-27(21)22(18)29/h5-12,19,25,28H,2,4H2,1,3H3. The molecule has 0 amide bonds. The highest BCUT2D eigenvalue weighted by Gasteiger charge is 2.24. The SMILES string of the molecule is C=CC(=CCC)C(O)c1c(Nc2ccc(F)c(F)c2)nc2c(OC)cccn2c1=O. The molecular formula is C22H21F2N3O3. The fourth-order valence-electron chi connectivity index (χ4n) is 3.07. The summed E-state index contributed by atoms with van der Waals surface area (Å²) in [6.45, 7) is 5.57. The molecule has 0 aliphatic rings. The molecule has 30 heavy (non-hydrogen) atoms. The second-order valence-electron chi connectivity index (χ2n) is 6.42. The third-order valence-electron chi connectivity index (χ3n) is 4.52. The number of aliphatic hydroxyl groups excluding tert-OH is 1. The Bertz CT molecular complexity index is 1190. The summed E-state index contributed by atoms with van der Waals surface area (Å²) >= 11 is 0. The van der Waals surface area contributed by atoms with Crippen LogP contribution in [0.5, 0.6) is 5.75 Å². The number of hydrogen-bond donors (Lipinski definition) is 2. The minimum Gasteiger partial charge on any atom is -0.493 e. The number of ether oxygens (including phenoxy) is 1. The van der Waals surface area contributed by atoms with Crippen LogP contribution in [0.25, 0.3) is 5.65 Å². The Hall–Kier alpha value is -3.52. The number of halogens is 2. The maximum absolute atomic E-state index is 13.7. The minimum absolute atomic E-state index is 0.00754. The third kappa shape index (κ3) is 3.95. The summed E-state index contributed by atoms with van der Waals surface area (Å²) in [5, 5.41) is 13.8. The summed E-state index contributed by atoms with van der Waals surface area (Å²) in [6.07, 6.45) is 3.97. The smallest absolute Gasteiger partial charge is 0.266 e. The zero-order valence-corrected chi connectivity index (χ0v) is 16.5. The van der Waals surface area contributed by atoms with E-state index in [9.17, 15) is 18.7 Å². The molecule has 6 nitrogen and oxygen atoms in total. The van der Waals surface area contributed by atoms with E-state index < -0.39 is 23.3 Å². The summed E-state index contributed by atoms with van der Waals surface area (Å²) in [6, 6.07) is 6.44. The highest BCUT2D eigenvalue weighted by atomic mass is 19.2. The first-order valence-corrected chi connectivity index (χ1v) is 9.23. The van der Waals surface area contributed by atoms with Crippen molar-refractivity contribution in [1.29, 1.82) is 0 Å². The number of aromatic nitrogens is 2. The Morgan fingerprint density at radius 2 is 2.13 bits per heavy atom. The quantitative estimate of drug-likeness (QED) is 0.566. The number of benzene rings is 1. The Morgan fingerprint density at radius 1 is 1.37 bits per heavy atom. The Balaban J connectivity index is 2.28. The number of nitrogens with one attached hydrogen (secondary N) is 1. The van der Waals surface area contributed by atoms with Gasteiger partial charge in [0.2, 0.25) is 0 Å². The van der Waals surface area contributed by atoms with Crippen molar-refractivity contribution >= 4 is 17.2 Å². The summed E-state index contributed by atoms with van der Waals surface area (Å²) in [4.78, 5) is 17.7. The minimum atomic E-state index is -1.33. The van der Waals surface area contributed by atoms with Crippen molar-refractivity contribution < 1.29 is 18.6 Å². The topological polar surface area (TPSA) is 75.9 Å². The molecular weight excluding hydrogens is 392 g/mol. The molecule has 0 spiro atoms. The monoisotopic (exact) mass is 413 g/mol. The van der Waals surface area contributed by atoms with Crippen LogP contribution in [0.2, 0.25) is 0 Å². The van der Waals surface area contributed by atoms with Crippen LogP contribution in [0.4, 0.5) is 20.3 Å². The largest absolute Gasteiger partial charge is 0.493 e. The van der Waals surface area contributed by atoms with Gasteiger partial charge >= 0.3 is 0 Å². The molecule has 0 bridgehead atoms. The molecule has 3 aromatic rings. The molecule has 3 rings (SSSR count). The van der Waals surface area contributed by atoms with E-state index in [-0.39, 0.29) is 22.7 Å². The van der Waals surface area contributed by atoms with Gasteiger partial charge in [-0.3, -0.25) is 9.20 Å². The van der Waals surface area contributed by atoms with Gasteiger partial charge < -0.3 is 15.2 Å². The van der Waals surface area contributed by atoms with Gasteiger partial charge in [-0.2, -0.15) is 0 Å². The predicted molar refractivity (Wildman–Crippen MR) is 111 cm³/mol. The van der Waals surface area contributed by atoms with Crippen molar-refractivity contribution in [3.05, 3.63) is 88.4 Å². The van der Waals surface area contributed by atoms with E-state index in [0.717, 1.165) is 12.1 Å². The maximum atomic E-state index is 13.7. The van der Waals surface area contributed by atoms with Gasteiger partial charge in [-0.25, -0.2) is 13.8 Å².